The summed E-state index contributed by atoms with van der Waals surface area (Å²) in [6, 6.07) is 10.5. The minimum Gasteiger partial charge on any atom is -0.356 e. The van der Waals surface area contributed by atoms with E-state index in [9.17, 15) is 4.79 Å². The van der Waals surface area contributed by atoms with Gasteiger partial charge in [0.2, 0.25) is 5.91 Å². The van der Waals surface area contributed by atoms with Gasteiger partial charge in [-0.2, -0.15) is 0 Å². The number of rotatable bonds is 8. The smallest absolute Gasteiger partial charge is 0.225 e. The highest BCUT2D eigenvalue weighted by atomic mass is 127. The van der Waals surface area contributed by atoms with Crippen LogP contribution in [0, 0.1) is 5.92 Å². The van der Waals surface area contributed by atoms with Crippen LogP contribution in [0.25, 0.3) is 0 Å². The van der Waals surface area contributed by atoms with Gasteiger partial charge in [-0.05, 0) is 25.0 Å². The van der Waals surface area contributed by atoms with Gasteiger partial charge in [-0.25, -0.2) is 0 Å². The molecule has 0 radical (unpaired) electrons. The van der Waals surface area contributed by atoms with E-state index in [2.05, 4.69) is 49.7 Å². The van der Waals surface area contributed by atoms with E-state index < -0.39 is 0 Å². The van der Waals surface area contributed by atoms with E-state index in [4.69, 9.17) is 0 Å². The molecule has 0 unspecified atom stereocenters. The van der Waals surface area contributed by atoms with Gasteiger partial charge >= 0.3 is 0 Å². The Morgan fingerprint density at radius 1 is 1.10 bits per heavy atom. The summed E-state index contributed by atoms with van der Waals surface area (Å²) in [7, 11) is 1.81. The Morgan fingerprint density at radius 2 is 1.79 bits per heavy atom. The van der Waals surface area contributed by atoms with Crippen LogP contribution in [0.15, 0.2) is 40.2 Å². The Hall–Kier alpha value is -1.00. The van der Waals surface area contributed by atoms with Crippen LogP contribution in [0.2, 0.25) is 0 Å². The number of hydrogen-bond acceptors (Lipinski definition) is 4. The third-order valence-corrected chi connectivity index (χ3v) is 6.50. The lowest BCUT2D eigenvalue weighted by Gasteiger charge is -2.38. The standard InChI is InChI=1S/C21H33N5OS.HI/c1-22-21(24-11-17-28-19-8-3-2-4-9-19)23-10-12-25-13-15-26(16-14-25)20(27)18-6-5-7-18;/h2-4,8-9,18H,5-7,10-17H2,1H3,(H2,22,23,24);1H. The lowest BCUT2D eigenvalue weighted by atomic mass is 9.84. The first-order chi connectivity index (χ1) is 13.8. The first-order valence-electron chi connectivity index (χ1n) is 10.4. The van der Waals surface area contributed by atoms with Crippen molar-refractivity contribution >= 4 is 47.6 Å². The number of nitrogens with one attached hydrogen (secondary N) is 2. The van der Waals surface area contributed by atoms with E-state index in [1.807, 2.05) is 24.9 Å². The summed E-state index contributed by atoms with van der Waals surface area (Å²) >= 11 is 1.84. The van der Waals surface area contributed by atoms with Crippen molar-refractivity contribution in [3.63, 3.8) is 0 Å². The molecular formula is C21H34IN5OS. The maximum atomic E-state index is 12.3. The van der Waals surface area contributed by atoms with Crippen molar-refractivity contribution in [2.75, 3.05) is 58.6 Å². The number of benzene rings is 1. The molecule has 1 saturated carbocycles. The maximum Gasteiger partial charge on any atom is 0.225 e. The molecule has 1 saturated heterocycles. The van der Waals surface area contributed by atoms with Gasteiger partial charge in [0, 0.05) is 69.4 Å². The van der Waals surface area contributed by atoms with E-state index in [1.54, 1.807) is 0 Å². The number of thioether (sulfide) groups is 1. The largest absolute Gasteiger partial charge is 0.356 e. The van der Waals surface area contributed by atoms with Crippen LogP contribution in [-0.2, 0) is 4.79 Å². The van der Waals surface area contributed by atoms with E-state index >= 15 is 0 Å². The number of halogens is 1. The molecule has 8 heteroatoms. The molecule has 0 atom stereocenters. The molecule has 2 aliphatic rings. The molecule has 3 rings (SSSR count). The normalized spacial score (nSPS) is 18.0. The monoisotopic (exact) mass is 531 g/mol. The molecule has 2 fully saturated rings. The summed E-state index contributed by atoms with van der Waals surface area (Å²) in [6.45, 7) is 6.41. The number of hydrogen-bond donors (Lipinski definition) is 2. The van der Waals surface area contributed by atoms with Crippen LogP contribution in [0.3, 0.4) is 0 Å². The zero-order chi connectivity index (χ0) is 19.6. The average molecular weight is 532 g/mol. The fraction of sp³-hybridized carbons (Fsp3) is 0.619. The SMILES string of the molecule is CN=C(NCCSc1ccccc1)NCCN1CCN(C(=O)C2CCC2)CC1.I. The molecule has 0 bridgehead atoms. The van der Waals surface area contributed by atoms with E-state index in [0.29, 0.717) is 11.8 Å². The summed E-state index contributed by atoms with van der Waals surface area (Å²) in [5, 5.41) is 6.76. The lowest BCUT2D eigenvalue weighted by Crippen LogP contribution is -2.52. The Morgan fingerprint density at radius 3 is 2.41 bits per heavy atom. The number of piperazine rings is 1. The Bertz CT molecular complexity index is 633. The van der Waals surface area contributed by atoms with Gasteiger partial charge in [-0.1, -0.05) is 24.6 Å². The number of nitrogens with zero attached hydrogens (tertiary/aromatic N) is 3. The van der Waals surface area contributed by atoms with Gasteiger partial charge in [0.1, 0.15) is 0 Å². The molecule has 6 nitrogen and oxygen atoms in total. The number of amides is 1. The second-order valence-electron chi connectivity index (χ2n) is 7.38. The van der Waals surface area contributed by atoms with Gasteiger partial charge in [-0.15, -0.1) is 35.7 Å². The predicted molar refractivity (Wildman–Crippen MR) is 132 cm³/mol. The molecule has 1 aliphatic carbocycles. The predicted octanol–water partition coefficient (Wildman–Crippen LogP) is 2.51. The molecule has 1 aromatic rings. The molecule has 2 N–H and O–H groups in total. The van der Waals surface area contributed by atoms with Gasteiger partial charge in [0.15, 0.2) is 5.96 Å². The first kappa shape index (κ1) is 24.3. The minimum absolute atomic E-state index is 0. The first-order valence-corrected chi connectivity index (χ1v) is 11.4. The highest BCUT2D eigenvalue weighted by Gasteiger charge is 2.30. The molecule has 1 aliphatic heterocycles. The van der Waals surface area contributed by atoms with Crippen LogP contribution in [0.1, 0.15) is 19.3 Å². The van der Waals surface area contributed by atoms with E-state index in [1.165, 1.54) is 11.3 Å². The summed E-state index contributed by atoms with van der Waals surface area (Å²) in [6.07, 6.45) is 3.42. The number of carbonyl (C=O) groups is 1. The molecule has 1 heterocycles. The van der Waals surface area contributed by atoms with E-state index in [0.717, 1.165) is 70.4 Å². The van der Waals surface area contributed by atoms with Crippen LogP contribution in [-0.4, -0.2) is 80.3 Å². The maximum absolute atomic E-state index is 12.3. The zero-order valence-corrected chi connectivity index (χ0v) is 20.5. The fourth-order valence-corrected chi connectivity index (χ4v) is 4.30. The van der Waals surface area contributed by atoms with Crippen molar-refractivity contribution in [3.05, 3.63) is 30.3 Å². The Labute approximate surface area is 196 Å². The van der Waals surface area contributed by atoms with Gasteiger partial charge in [0.05, 0.1) is 0 Å². The van der Waals surface area contributed by atoms with Crippen molar-refractivity contribution in [1.82, 2.24) is 20.4 Å². The van der Waals surface area contributed by atoms with Crippen molar-refractivity contribution in [3.8, 4) is 0 Å². The van der Waals surface area contributed by atoms with Crippen molar-refractivity contribution in [1.29, 1.82) is 0 Å². The third-order valence-electron chi connectivity index (χ3n) is 5.49. The lowest BCUT2D eigenvalue weighted by molar-refractivity contribution is -0.139. The molecule has 0 spiro atoms. The van der Waals surface area contributed by atoms with Crippen molar-refractivity contribution in [2.45, 2.75) is 24.2 Å². The van der Waals surface area contributed by atoms with Gasteiger partial charge in [0.25, 0.3) is 0 Å². The summed E-state index contributed by atoms with van der Waals surface area (Å²) in [5.74, 6) is 2.57. The van der Waals surface area contributed by atoms with Crippen molar-refractivity contribution in [2.24, 2.45) is 10.9 Å². The molecular weight excluding hydrogens is 497 g/mol. The Kier molecular flexibility index (Phi) is 11.2. The quantitative estimate of drug-likeness (QED) is 0.178. The Balaban J connectivity index is 0.00000300. The fourth-order valence-electron chi connectivity index (χ4n) is 3.51. The highest BCUT2D eigenvalue weighted by Crippen LogP contribution is 2.28. The van der Waals surface area contributed by atoms with E-state index in [-0.39, 0.29) is 24.0 Å². The van der Waals surface area contributed by atoms with Gasteiger partial charge < -0.3 is 15.5 Å². The minimum atomic E-state index is 0. The second-order valence-corrected chi connectivity index (χ2v) is 8.55. The third kappa shape index (κ3) is 7.97. The highest BCUT2D eigenvalue weighted by molar-refractivity contribution is 14.0. The van der Waals surface area contributed by atoms with Crippen LogP contribution in [0.5, 0.6) is 0 Å². The molecule has 1 aromatic carbocycles. The summed E-state index contributed by atoms with van der Waals surface area (Å²) < 4.78 is 0. The molecule has 1 amide bonds. The van der Waals surface area contributed by atoms with Gasteiger partial charge in [-0.3, -0.25) is 14.7 Å². The van der Waals surface area contributed by atoms with Crippen LogP contribution in [0.4, 0.5) is 0 Å². The second kappa shape index (κ2) is 13.3. The topological polar surface area (TPSA) is 60.0 Å². The molecule has 162 valence electrons. The van der Waals surface area contributed by atoms with Crippen molar-refractivity contribution < 1.29 is 4.79 Å². The molecule has 29 heavy (non-hydrogen) atoms. The number of aliphatic imine (C=N–C) groups is 1. The number of guanidine groups is 1. The van der Waals surface area contributed by atoms with Crippen LogP contribution >= 0.6 is 35.7 Å². The molecule has 0 aromatic heterocycles. The number of carbonyl (C=O) groups excluding carboxylic acids is 1. The summed E-state index contributed by atoms with van der Waals surface area (Å²) in [4.78, 5) is 22.4. The average Bonchev–Trinajstić information content (AvgIpc) is 2.69. The summed E-state index contributed by atoms with van der Waals surface area (Å²) in [5.41, 5.74) is 0. The van der Waals surface area contributed by atoms with Crippen LogP contribution < -0.4 is 10.6 Å². The zero-order valence-electron chi connectivity index (χ0n) is 17.3.